The number of aliphatic carboxylic acids is 1. The summed E-state index contributed by atoms with van der Waals surface area (Å²) in [5, 5.41) is 8.84. The molecule has 2 aliphatic heterocycles. The SMILES string of the molecule is C=CCC/C=C/C=C/CCCCCCCC[C@H]1CC[C@H]([C@H]2CC[C@H](CC(=O)O)OO2)O1. The van der Waals surface area contributed by atoms with E-state index in [1.165, 1.54) is 44.9 Å². The molecule has 5 heteroatoms. The van der Waals surface area contributed by atoms with Crippen LogP contribution in [0.15, 0.2) is 37.0 Å². The summed E-state index contributed by atoms with van der Waals surface area (Å²) in [6.07, 6.45) is 26.6. The summed E-state index contributed by atoms with van der Waals surface area (Å²) in [5.74, 6) is -0.844. The van der Waals surface area contributed by atoms with E-state index < -0.39 is 5.97 Å². The van der Waals surface area contributed by atoms with Gasteiger partial charge in [0.2, 0.25) is 0 Å². The van der Waals surface area contributed by atoms with Crippen LogP contribution in [0, 0.1) is 0 Å². The van der Waals surface area contributed by atoms with Crippen molar-refractivity contribution >= 4 is 5.97 Å². The largest absolute Gasteiger partial charge is 0.481 e. The molecule has 2 saturated heterocycles. The maximum absolute atomic E-state index is 10.8. The maximum Gasteiger partial charge on any atom is 0.306 e. The molecule has 2 rings (SSSR count). The van der Waals surface area contributed by atoms with E-state index in [4.69, 9.17) is 19.6 Å². The topological polar surface area (TPSA) is 65.0 Å². The molecule has 2 aliphatic rings. The van der Waals surface area contributed by atoms with Crippen LogP contribution < -0.4 is 0 Å². The van der Waals surface area contributed by atoms with Gasteiger partial charge in [0.1, 0.15) is 12.2 Å². The number of rotatable bonds is 16. The first-order valence-corrected chi connectivity index (χ1v) is 12.3. The van der Waals surface area contributed by atoms with Crippen molar-refractivity contribution in [3.63, 3.8) is 0 Å². The van der Waals surface area contributed by atoms with Crippen molar-refractivity contribution in [3.8, 4) is 0 Å². The van der Waals surface area contributed by atoms with Crippen molar-refractivity contribution in [2.75, 3.05) is 0 Å². The van der Waals surface area contributed by atoms with E-state index in [0.717, 1.165) is 44.9 Å². The van der Waals surface area contributed by atoms with Gasteiger partial charge in [-0.05, 0) is 57.8 Å². The van der Waals surface area contributed by atoms with Crippen LogP contribution in [0.4, 0.5) is 0 Å². The highest BCUT2D eigenvalue weighted by atomic mass is 17.2. The van der Waals surface area contributed by atoms with Gasteiger partial charge < -0.3 is 9.84 Å². The molecule has 0 aromatic carbocycles. The van der Waals surface area contributed by atoms with Crippen LogP contribution in [0.25, 0.3) is 0 Å². The van der Waals surface area contributed by atoms with Crippen LogP contribution in [-0.4, -0.2) is 35.5 Å². The van der Waals surface area contributed by atoms with E-state index in [1.54, 1.807) is 0 Å². The van der Waals surface area contributed by atoms with Crippen LogP contribution in [0.3, 0.4) is 0 Å². The first-order chi connectivity index (χ1) is 15.2. The second-order valence-electron chi connectivity index (χ2n) is 8.82. The molecule has 0 aliphatic carbocycles. The summed E-state index contributed by atoms with van der Waals surface area (Å²) in [7, 11) is 0. The third kappa shape index (κ3) is 11.7. The second-order valence-corrected chi connectivity index (χ2v) is 8.82. The zero-order chi connectivity index (χ0) is 22.2. The fraction of sp³-hybridized carbons (Fsp3) is 0.731. The van der Waals surface area contributed by atoms with Crippen LogP contribution in [-0.2, 0) is 19.3 Å². The lowest BCUT2D eigenvalue weighted by atomic mass is 10.0. The Morgan fingerprint density at radius 1 is 0.806 bits per heavy atom. The van der Waals surface area contributed by atoms with Crippen molar-refractivity contribution in [2.45, 2.75) is 121 Å². The summed E-state index contributed by atoms with van der Waals surface area (Å²) >= 11 is 0. The van der Waals surface area contributed by atoms with E-state index in [1.807, 2.05) is 6.08 Å². The van der Waals surface area contributed by atoms with Crippen LogP contribution in [0.1, 0.15) is 96.3 Å². The fourth-order valence-electron chi connectivity index (χ4n) is 4.30. The summed E-state index contributed by atoms with van der Waals surface area (Å²) in [6, 6.07) is 0. The average molecular weight is 435 g/mol. The van der Waals surface area contributed by atoms with Crippen molar-refractivity contribution in [1.29, 1.82) is 0 Å². The quantitative estimate of drug-likeness (QED) is 0.127. The van der Waals surface area contributed by atoms with E-state index >= 15 is 0 Å². The van der Waals surface area contributed by atoms with Gasteiger partial charge in [0.25, 0.3) is 0 Å². The van der Waals surface area contributed by atoms with Gasteiger partial charge in [0.05, 0.1) is 18.6 Å². The van der Waals surface area contributed by atoms with E-state index in [9.17, 15) is 4.79 Å². The standard InChI is InChI=1S/C26H42O5/c1-2-3-4-5-6-7-8-9-10-11-12-13-14-15-16-22-17-19-24(29-22)25-20-18-23(30-31-25)21-26(27)28/h2,5-8,22-25H,1,3-4,9-21H2,(H,27,28)/b6-5+,8-7+/t22-,23+,24+,25+/m0/s1. The molecule has 0 aromatic heterocycles. The van der Waals surface area contributed by atoms with Crippen LogP contribution in [0.2, 0.25) is 0 Å². The summed E-state index contributed by atoms with van der Waals surface area (Å²) < 4.78 is 6.19. The van der Waals surface area contributed by atoms with Crippen molar-refractivity contribution < 1.29 is 24.4 Å². The zero-order valence-corrected chi connectivity index (χ0v) is 19.1. The monoisotopic (exact) mass is 434 g/mol. The highest BCUT2D eigenvalue weighted by Gasteiger charge is 2.36. The summed E-state index contributed by atoms with van der Waals surface area (Å²) in [4.78, 5) is 21.5. The van der Waals surface area contributed by atoms with Crippen molar-refractivity contribution in [2.24, 2.45) is 0 Å². The first kappa shape index (κ1) is 25.8. The second kappa shape index (κ2) is 16.2. The minimum atomic E-state index is -0.844. The number of hydrogen-bond donors (Lipinski definition) is 1. The van der Waals surface area contributed by atoms with Gasteiger partial charge in [0, 0.05) is 0 Å². The van der Waals surface area contributed by atoms with Gasteiger partial charge in [-0.15, -0.1) is 6.58 Å². The Kier molecular flexibility index (Phi) is 13.5. The van der Waals surface area contributed by atoms with E-state index in [0.29, 0.717) is 6.10 Å². The molecule has 31 heavy (non-hydrogen) atoms. The minimum Gasteiger partial charge on any atom is -0.481 e. The number of hydrogen-bond acceptors (Lipinski definition) is 4. The molecule has 0 saturated carbocycles. The number of allylic oxidation sites excluding steroid dienone is 5. The normalized spacial score (nSPS) is 26.7. The summed E-state index contributed by atoms with van der Waals surface area (Å²) in [5.41, 5.74) is 0. The van der Waals surface area contributed by atoms with Gasteiger partial charge in [-0.25, -0.2) is 9.78 Å². The molecule has 2 fully saturated rings. The molecular weight excluding hydrogens is 392 g/mol. The molecule has 1 N–H and O–H groups in total. The molecule has 0 unspecified atom stereocenters. The van der Waals surface area contributed by atoms with Gasteiger partial charge >= 0.3 is 5.97 Å². The molecule has 176 valence electrons. The third-order valence-electron chi connectivity index (χ3n) is 6.11. The van der Waals surface area contributed by atoms with Crippen LogP contribution in [0.5, 0.6) is 0 Å². The number of ether oxygens (including phenoxy) is 1. The van der Waals surface area contributed by atoms with Gasteiger partial charge in [-0.2, -0.15) is 0 Å². The Morgan fingerprint density at radius 2 is 1.48 bits per heavy atom. The summed E-state index contributed by atoms with van der Waals surface area (Å²) in [6.45, 7) is 3.72. The van der Waals surface area contributed by atoms with Crippen molar-refractivity contribution in [1.82, 2.24) is 0 Å². The van der Waals surface area contributed by atoms with Gasteiger partial charge in [-0.1, -0.05) is 62.5 Å². The Labute approximate surface area is 188 Å². The predicted octanol–water partition coefficient (Wildman–Crippen LogP) is 6.69. The molecular formula is C26H42O5. The Balaban J connectivity index is 1.41. The molecule has 0 spiro atoms. The lowest BCUT2D eigenvalue weighted by Gasteiger charge is -2.30. The molecule has 2 heterocycles. The number of carbonyl (C=O) groups is 1. The number of carboxylic acids is 1. The number of unbranched alkanes of at least 4 members (excludes halogenated alkanes) is 7. The molecule has 5 nitrogen and oxygen atoms in total. The third-order valence-corrected chi connectivity index (χ3v) is 6.11. The highest BCUT2D eigenvalue weighted by Crippen LogP contribution is 2.31. The average Bonchev–Trinajstić information content (AvgIpc) is 3.23. The first-order valence-electron chi connectivity index (χ1n) is 12.3. The Morgan fingerprint density at radius 3 is 2.19 bits per heavy atom. The minimum absolute atomic E-state index is 0.00529. The van der Waals surface area contributed by atoms with Gasteiger partial charge in [0.15, 0.2) is 0 Å². The number of carboxylic acid groups (broad SMARTS) is 1. The van der Waals surface area contributed by atoms with Gasteiger partial charge in [-0.3, -0.25) is 4.79 Å². The zero-order valence-electron chi connectivity index (χ0n) is 19.1. The lowest BCUT2D eigenvalue weighted by molar-refractivity contribution is -0.385. The predicted molar refractivity (Wildman–Crippen MR) is 124 cm³/mol. The van der Waals surface area contributed by atoms with Crippen molar-refractivity contribution in [3.05, 3.63) is 37.0 Å². The lowest BCUT2D eigenvalue weighted by Crippen LogP contribution is -2.37. The maximum atomic E-state index is 10.8. The molecule has 0 aromatic rings. The van der Waals surface area contributed by atoms with E-state index in [2.05, 4.69) is 30.9 Å². The smallest absolute Gasteiger partial charge is 0.306 e. The molecule has 0 radical (unpaired) electrons. The Bertz CT molecular complexity index is 548. The Hall–Kier alpha value is -1.43. The molecule has 0 amide bonds. The molecule has 4 atom stereocenters. The fourth-order valence-corrected chi connectivity index (χ4v) is 4.30. The van der Waals surface area contributed by atoms with E-state index in [-0.39, 0.29) is 24.7 Å². The van der Waals surface area contributed by atoms with Crippen LogP contribution >= 0.6 is 0 Å². The molecule has 0 bridgehead atoms. The highest BCUT2D eigenvalue weighted by molar-refractivity contribution is 5.67.